The molecule has 2 aliphatic heterocycles. The Morgan fingerprint density at radius 3 is 2.45 bits per heavy atom. The fraction of sp³-hybridized carbons (Fsp3) is 0.417. The Kier molecular flexibility index (Phi) is 6.53. The van der Waals surface area contributed by atoms with Gasteiger partial charge in [0.2, 0.25) is 0 Å². The van der Waals surface area contributed by atoms with Gasteiger partial charge in [0.1, 0.15) is 0 Å². The number of amides is 1. The largest absolute Gasteiger partial charge is 0.493 e. The molecule has 0 bridgehead atoms. The van der Waals surface area contributed by atoms with Crippen molar-refractivity contribution < 1.29 is 19.0 Å². The Morgan fingerprint density at radius 2 is 1.77 bits per heavy atom. The molecule has 0 saturated carbocycles. The number of rotatable bonds is 6. The minimum Gasteiger partial charge on any atom is -0.493 e. The molecule has 1 atom stereocenters. The van der Waals surface area contributed by atoms with Gasteiger partial charge in [-0.1, -0.05) is 29.8 Å². The predicted octanol–water partition coefficient (Wildman–Crippen LogP) is 3.02. The summed E-state index contributed by atoms with van der Waals surface area (Å²) in [6.45, 7) is 5.26. The second-order valence-corrected chi connectivity index (χ2v) is 7.87. The Balaban J connectivity index is 1.62. The number of carbonyl (C=O) groups excluding carboxylic acids is 1. The van der Waals surface area contributed by atoms with Gasteiger partial charge in [0.05, 0.1) is 45.7 Å². The number of ether oxygens (including phenoxy) is 3. The summed E-state index contributed by atoms with van der Waals surface area (Å²) in [4.78, 5) is 15.4. The van der Waals surface area contributed by atoms with E-state index in [0.717, 1.165) is 29.9 Å². The lowest BCUT2D eigenvalue weighted by atomic mass is 9.97. The molecule has 2 aromatic rings. The summed E-state index contributed by atoms with van der Waals surface area (Å²) in [7, 11) is 3.23. The van der Waals surface area contributed by atoms with Crippen LogP contribution in [0.15, 0.2) is 47.6 Å². The number of hydrazone groups is 1. The Labute approximate surface area is 183 Å². The van der Waals surface area contributed by atoms with E-state index in [4.69, 9.17) is 19.3 Å². The molecular formula is C24H29N3O4. The van der Waals surface area contributed by atoms with Crippen molar-refractivity contribution in [3.8, 4) is 11.5 Å². The van der Waals surface area contributed by atoms with Gasteiger partial charge in [0.25, 0.3) is 5.91 Å². The fourth-order valence-corrected chi connectivity index (χ4v) is 4.00. The lowest BCUT2D eigenvalue weighted by Crippen LogP contribution is -2.43. The van der Waals surface area contributed by atoms with Crippen LogP contribution in [-0.2, 0) is 9.53 Å². The van der Waals surface area contributed by atoms with Crippen molar-refractivity contribution in [2.75, 3.05) is 47.1 Å². The zero-order valence-electron chi connectivity index (χ0n) is 18.3. The molecule has 7 heteroatoms. The van der Waals surface area contributed by atoms with Crippen LogP contribution in [0.1, 0.15) is 29.2 Å². The molecule has 2 heterocycles. The van der Waals surface area contributed by atoms with Crippen LogP contribution < -0.4 is 9.47 Å². The van der Waals surface area contributed by atoms with Gasteiger partial charge in [-0.15, -0.1) is 0 Å². The van der Waals surface area contributed by atoms with E-state index in [-0.39, 0.29) is 11.9 Å². The molecule has 164 valence electrons. The molecular weight excluding hydrogens is 394 g/mol. The van der Waals surface area contributed by atoms with Gasteiger partial charge in [0, 0.05) is 25.1 Å². The monoisotopic (exact) mass is 423 g/mol. The lowest BCUT2D eigenvalue weighted by Gasteiger charge is -2.29. The zero-order valence-corrected chi connectivity index (χ0v) is 18.3. The molecule has 1 unspecified atom stereocenters. The lowest BCUT2D eigenvalue weighted by molar-refractivity contribution is -0.135. The second-order valence-electron chi connectivity index (χ2n) is 7.87. The van der Waals surface area contributed by atoms with Crippen molar-refractivity contribution in [3.05, 3.63) is 59.2 Å². The Morgan fingerprint density at radius 1 is 1.06 bits per heavy atom. The maximum atomic E-state index is 13.3. The van der Waals surface area contributed by atoms with Gasteiger partial charge in [-0.05, 0) is 30.7 Å². The number of methoxy groups -OCH3 is 2. The maximum Gasteiger partial charge on any atom is 0.257 e. The van der Waals surface area contributed by atoms with Crippen molar-refractivity contribution in [2.45, 2.75) is 19.4 Å². The summed E-state index contributed by atoms with van der Waals surface area (Å²) in [6, 6.07) is 13.9. The molecule has 1 saturated heterocycles. The third-order valence-electron chi connectivity index (χ3n) is 5.81. The molecule has 0 N–H and O–H groups in total. The summed E-state index contributed by atoms with van der Waals surface area (Å²) < 4.78 is 16.2. The molecule has 31 heavy (non-hydrogen) atoms. The van der Waals surface area contributed by atoms with E-state index in [0.29, 0.717) is 37.7 Å². The summed E-state index contributed by atoms with van der Waals surface area (Å²) in [5.41, 5.74) is 4.06. The highest BCUT2D eigenvalue weighted by molar-refractivity contribution is 6.03. The minimum atomic E-state index is -0.128. The van der Waals surface area contributed by atoms with Crippen LogP contribution in [0.4, 0.5) is 0 Å². The third-order valence-corrected chi connectivity index (χ3v) is 5.81. The van der Waals surface area contributed by atoms with Crippen LogP contribution in [0.25, 0.3) is 0 Å². The van der Waals surface area contributed by atoms with Gasteiger partial charge in [-0.25, -0.2) is 5.01 Å². The predicted molar refractivity (Wildman–Crippen MR) is 119 cm³/mol. The number of hydrogen-bond acceptors (Lipinski definition) is 6. The Bertz CT molecular complexity index is 952. The number of morpholine rings is 1. The molecule has 0 spiro atoms. The number of benzene rings is 2. The second kappa shape index (κ2) is 9.49. The number of aryl methyl sites for hydroxylation is 1. The van der Waals surface area contributed by atoms with Crippen LogP contribution >= 0.6 is 0 Å². The van der Waals surface area contributed by atoms with E-state index in [1.54, 1.807) is 19.2 Å². The highest BCUT2D eigenvalue weighted by Gasteiger charge is 2.34. The molecule has 0 aliphatic carbocycles. The fourth-order valence-electron chi connectivity index (χ4n) is 4.00. The smallest absolute Gasteiger partial charge is 0.257 e. The first-order chi connectivity index (χ1) is 15.1. The molecule has 1 fully saturated rings. The van der Waals surface area contributed by atoms with E-state index in [9.17, 15) is 4.79 Å². The number of carbonyl (C=O) groups is 1. The highest BCUT2D eigenvalue weighted by Crippen LogP contribution is 2.35. The van der Waals surface area contributed by atoms with Crippen molar-refractivity contribution in [3.63, 3.8) is 0 Å². The number of hydrogen-bond donors (Lipinski definition) is 0. The van der Waals surface area contributed by atoms with E-state index in [2.05, 4.69) is 36.1 Å². The minimum absolute atomic E-state index is 0.00273. The SMILES string of the molecule is COc1ccc(C2=NN(C(=O)CN3CCOCC3)C(c3ccc(C)cc3)C2)cc1OC. The van der Waals surface area contributed by atoms with E-state index in [1.165, 1.54) is 5.56 Å². The quantitative estimate of drug-likeness (QED) is 0.715. The van der Waals surface area contributed by atoms with Crippen molar-refractivity contribution in [1.29, 1.82) is 0 Å². The summed E-state index contributed by atoms with van der Waals surface area (Å²) in [5, 5.41) is 6.44. The van der Waals surface area contributed by atoms with Crippen molar-refractivity contribution >= 4 is 11.6 Å². The van der Waals surface area contributed by atoms with E-state index < -0.39 is 0 Å². The molecule has 4 rings (SSSR count). The number of nitrogens with zero attached hydrogens (tertiary/aromatic N) is 3. The van der Waals surface area contributed by atoms with Gasteiger partial charge in [-0.3, -0.25) is 9.69 Å². The molecule has 0 radical (unpaired) electrons. The molecule has 1 amide bonds. The van der Waals surface area contributed by atoms with Crippen molar-refractivity contribution in [1.82, 2.24) is 9.91 Å². The highest BCUT2D eigenvalue weighted by atomic mass is 16.5. The normalized spacial score (nSPS) is 19.3. The van der Waals surface area contributed by atoms with Crippen LogP contribution in [0, 0.1) is 6.92 Å². The van der Waals surface area contributed by atoms with Crippen molar-refractivity contribution in [2.24, 2.45) is 5.10 Å². The molecule has 7 nitrogen and oxygen atoms in total. The van der Waals surface area contributed by atoms with Crippen LogP contribution in [0.3, 0.4) is 0 Å². The molecule has 2 aromatic carbocycles. The van der Waals surface area contributed by atoms with E-state index >= 15 is 0 Å². The first-order valence-electron chi connectivity index (χ1n) is 10.6. The summed E-state index contributed by atoms with van der Waals surface area (Å²) in [5.74, 6) is 1.32. The molecule has 2 aliphatic rings. The third kappa shape index (κ3) is 4.73. The first-order valence-corrected chi connectivity index (χ1v) is 10.6. The van der Waals surface area contributed by atoms with Gasteiger partial charge in [-0.2, -0.15) is 5.10 Å². The summed E-state index contributed by atoms with van der Waals surface area (Å²) in [6.07, 6.45) is 0.646. The van der Waals surface area contributed by atoms with E-state index in [1.807, 2.05) is 18.2 Å². The summed E-state index contributed by atoms with van der Waals surface area (Å²) >= 11 is 0. The van der Waals surface area contributed by atoms with Gasteiger partial charge < -0.3 is 14.2 Å². The topological polar surface area (TPSA) is 63.6 Å². The average Bonchev–Trinajstić information content (AvgIpc) is 3.25. The average molecular weight is 424 g/mol. The first kappa shape index (κ1) is 21.3. The van der Waals surface area contributed by atoms with Crippen LogP contribution in [0.2, 0.25) is 0 Å². The maximum absolute atomic E-state index is 13.3. The Hall–Kier alpha value is -2.90. The standard InChI is InChI=1S/C24H29N3O4/c1-17-4-6-18(7-5-17)21-15-20(19-8-9-22(29-2)23(14-19)30-3)25-27(21)24(28)16-26-10-12-31-13-11-26/h4-9,14,21H,10-13,15-16H2,1-3H3. The van der Waals surface area contributed by atoms with Crippen LogP contribution in [0.5, 0.6) is 11.5 Å². The van der Waals surface area contributed by atoms with Gasteiger partial charge >= 0.3 is 0 Å². The van der Waals surface area contributed by atoms with Gasteiger partial charge in [0.15, 0.2) is 11.5 Å². The molecule has 0 aromatic heterocycles. The van der Waals surface area contributed by atoms with Crippen LogP contribution in [-0.4, -0.2) is 68.6 Å². The zero-order chi connectivity index (χ0) is 21.8.